The van der Waals surface area contributed by atoms with E-state index in [-0.39, 0.29) is 24.7 Å². The quantitative estimate of drug-likeness (QED) is 0.575. The molecule has 1 amide bonds. The fourth-order valence-corrected chi connectivity index (χ4v) is 3.00. The lowest BCUT2D eigenvalue weighted by Gasteiger charge is -2.04. The number of hydrogen-bond acceptors (Lipinski definition) is 5. The molecule has 0 unspecified atom stereocenters. The molecule has 1 N–H and O–H groups in total. The third-order valence-electron chi connectivity index (χ3n) is 4.45. The Labute approximate surface area is 160 Å². The van der Waals surface area contributed by atoms with Crippen LogP contribution in [-0.4, -0.2) is 25.2 Å². The molecule has 0 aliphatic carbocycles. The molecule has 0 radical (unpaired) electrons. The summed E-state index contributed by atoms with van der Waals surface area (Å²) < 4.78 is 8.26. The van der Waals surface area contributed by atoms with Crippen molar-refractivity contribution >= 4 is 17.0 Å². The number of aromatic nitrogens is 4. The molecule has 8 nitrogen and oxygen atoms in total. The summed E-state index contributed by atoms with van der Waals surface area (Å²) >= 11 is 0. The molecule has 0 fully saturated rings. The third-order valence-corrected chi connectivity index (χ3v) is 4.45. The Morgan fingerprint density at radius 2 is 1.89 bits per heavy atom. The number of carbonyl (C=O) groups is 1. The van der Waals surface area contributed by atoms with Gasteiger partial charge in [0.05, 0.1) is 12.2 Å². The number of fused-ring (bicyclic) bond motifs is 1. The van der Waals surface area contributed by atoms with E-state index in [1.165, 1.54) is 9.25 Å². The summed E-state index contributed by atoms with van der Waals surface area (Å²) in [5.41, 5.74) is 2.76. The molecule has 0 aliphatic rings. The van der Waals surface area contributed by atoms with Crippen LogP contribution in [0.1, 0.15) is 17.3 Å². The molecule has 0 aliphatic heterocycles. The van der Waals surface area contributed by atoms with Crippen molar-refractivity contribution in [3.63, 3.8) is 0 Å². The number of amides is 1. The molecule has 0 saturated heterocycles. The van der Waals surface area contributed by atoms with E-state index < -0.39 is 0 Å². The topological polar surface area (TPSA) is 95.0 Å². The zero-order chi connectivity index (χ0) is 19.7. The number of nitrogens with one attached hydrogen (secondary N) is 1. The average Bonchev–Trinajstić information content (AvgIpc) is 3.24. The van der Waals surface area contributed by atoms with Gasteiger partial charge in [0.15, 0.2) is 5.58 Å². The molecular formula is C20H19N5O3. The molecule has 4 rings (SSSR count). The van der Waals surface area contributed by atoms with E-state index in [1.807, 2.05) is 43.3 Å². The number of aryl methyl sites for hydroxylation is 2. The van der Waals surface area contributed by atoms with Gasteiger partial charge in [0, 0.05) is 0 Å². The summed E-state index contributed by atoms with van der Waals surface area (Å²) in [5, 5.41) is 6.99. The number of oxazole rings is 1. The van der Waals surface area contributed by atoms with Crippen LogP contribution in [0.25, 0.3) is 16.8 Å². The molecule has 4 aromatic rings. The number of para-hydroxylation sites is 2. The first kappa shape index (κ1) is 17.7. The highest BCUT2D eigenvalue weighted by atomic mass is 16.3. The fraction of sp³-hybridized carbons (Fsp3) is 0.200. The van der Waals surface area contributed by atoms with Crippen LogP contribution in [0.15, 0.2) is 57.7 Å². The maximum atomic E-state index is 12.6. The number of hydrogen-bond donors (Lipinski definition) is 1. The third kappa shape index (κ3) is 3.32. The van der Waals surface area contributed by atoms with Crippen LogP contribution in [0.3, 0.4) is 0 Å². The molecule has 2 aromatic heterocycles. The fourth-order valence-electron chi connectivity index (χ4n) is 3.00. The van der Waals surface area contributed by atoms with Gasteiger partial charge in [-0.25, -0.2) is 9.78 Å². The van der Waals surface area contributed by atoms with E-state index >= 15 is 0 Å². The average molecular weight is 377 g/mol. The van der Waals surface area contributed by atoms with Crippen LogP contribution in [0.4, 0.5) is 0 Å². The van der Waals surface area contributed by atoms with Crippen LogP contribution < -0.4 is 11.0 Å². The van der Waals surface area contributed by atoms with Crippen molar-refractivity contribution in [3.8, 4) is 5.69 Å². The second-order valence-corrected chi connectivity index (χ2v) is 6.47. The number of rotatable bonds is 5. The van der Waals surface area contributed by atoms with Crippen LogP contribution in [-0.2, 0) is 17.9 Å². The minimum absolute atomic E-state index is 0.128. The minimum Gasteiger partial charge on any atom is -0.439 e. The van der Waals surface area contributed by atoms with E-state index in [0.717, 1.165) is 11.1 Å². The van der Waals surface area contributed by atoms with Gasteiger partial charge in [0.25, 0.3) is 0 Å². The first-order chi connectivity index (χ1) is 13.5. The molecule has 2 aromatic carbocycles. The van der Waals surface area contributed by atoms with Gasteiger partial charge in [-0.1, -0.05) is 30.3 Å². The minimum atomic E-state index is -0.365. The van der Waals surface area contributed by atoms with Gasteiger partial charge in [-0.05, 0) is 37.6 Å². The van der Waals surface area contributed by atoms with Crippen molar-refractivity contribution in [1.29, 1.82) is 0 Å². The predicted molar refractivity (Wildman–Crippen MR) is 103 cm³/mol. The van der Waals surface area contributed by atoms with Gasteiger partial charge in [0.2, 0.25) is 11.8 Å². The van der Waals surface area contributed by atoms with Crippen molar-refractivity contribution < 1.29 is 9.21 Å². The van der Waals surface area contributed by atoms with Crippen molar-refractivity contribution in [1.82, 2.24) is 24.6 Å². The summed E-state index contributed by atoms with van der Waals surface area (Å²) in [4.78, 5) is 29.4. The number of carbonyl (C=O) groups excluding carboxylic acids is 1. The Hall–Kier alpha value is -3.68. The highest BCUT2D eigenvalue weighted by Crippen LogP contribution is 2.18. The standard InChI is InChI=1S/C20H19N5O3/c1-13-7-6-10-16-19(13)22-18(28-16)11-21-17(26)12-24-14(2)23-25(20(24)27)15-8-4-3-5-9-15/h3-10H,11-12H2,1-2H3,(H,21,26). The summed E-state index contributed by atoms with van der Waals surface area (Å²) in [7, 11) is 0. The Balaban J connectivity index is 1.47. The SMILES string of the molecule is Cc1cccc2oc(CNC(=O)Cn3c(C)nn(-c4ccccc4)c3=O)nc12. The van der Waals surface area contributed by atoms with Crippen LogP contribution in [0.5, 0.6) is 0 Å². The highest BCUT2D eigenvalue weighted by Gasteiger charge is 2.15. The van der Waals surface area contributed by atoms with Crippen molar-refractivity contribution in [2.75, 3.05) is 0 Å². The van der Waals surface area contributed by atoms with Crippen molar-refractivity contribution in [2.24, 2.45) is 0 Å². The zero-order valence-corrected chi connectivity index (χ0v) is 15.5. The number of benzene rings is 2. The molecule has 0 spiro atoms. The summed E-state index contributed by atoms with van der Waals surface area (Å²) in [5.74, 6) is 0.556. The molecule has 28 heavy (non-hydrogen) atoms. The maximum Gasteiger partial charge on any atom is 0.351 e. The van der Waals surface area contributed by atoms with Gasteiger partial charge >= 0.3 is 5.69 Å². The van der Waals surface area contributed by atoms with Gasteiger partial charge in [-0.15, -0.1) is 0 Å². The van der Waals surface area contributed by atoms with Crippen LogP contribution >= 0.6 is 0 Å². The van der Waals surface area contributed by atoms with E-state index in [4.69, 9.17) is 4.42 Å². The molecule has 0 bridgehead atoms. The lowest BCUT2D eigenvalue weighted by atomic mass is 10.2. The Morgan fingerprint density at radius 1 is 1.11 bits per heavy atom. The Bertz CT molecular complexity index is 1200. The van der Waals surface area contributed by atoms with Crippen LogP contribution in [0.2, 0.25) is 0 Å². The molecule has 8 heteroatoms. The summed E-state index contributed by atoms with van der Waals surface area (Å²) in [6.45, 7) is 3.66. The molecular weight excluding hydrogens is 358 g/mol. The smallest absolute Gasteiger partial charge is 0.351 e. The second-order valence-electron chi connectivity index (χ2n) is 6.47. The van der Waals surface area contributed by atoms with Crippen LogP contribution in [0, 0.1) is 13.8 Å². The van der Waals surface area contributed by atoms with E-state index in [0.29, 0.717) is 23.0 Å². The predicted octanol–water partition coefficient (Wildman–Crippen LogP) is 2.11. The lowest BCUT2D eigenvalue weighted by molar-refractivity contribution is -0.122. The van der Waals surface area contributed by atoms with E-state index in [9.17, 15) is 9.59 Å². The molecule has 0 saturated carbocycles. The summed E-state index contributed by atoms with van der Waals surface area (Å²) in [6, 6.07) is 14.8. The van der Waals surface area contributed by atoms with Gasteiger partial charge in [0.1, 0.15) is 17.9 Å². The van der Waals surface area contributed by atoms with E-state index in [1.54, 1.807) is 19.1 Å². The lowest BCUT2D eigenvalue weighted by Crippen LogP contribution is -2.33. The number of nitrogens with zero attached hydrogens (tertiary/aromatic N) is 4. The first-order valence-electron chi connectivity index (χ1n) is 8.86. The molecule has 2 heterocycles. The van der Waals surface area contributed by atoms with Gasteiger partial charge < -0.3 is 9.73 Å². The Morgan fingerprint density at radius 3 is 2.64 bits per heavy atom. The second kappa shape index (κ2) is 7.15. The largest absolute Gasteiger partial charge is 0.439 e. The van der Waals surface area contributed by atoms with Gasteiger partial charge in [-0.2, -0.15) is 9.78 Å². The molecule has 0 atom stereocenters. The van der Waals surface area contributed by atoms with Crippen molar-refractivity contribution in [2.45, 2.75) is 26.9 Å². The zero-order valence-electron chi connectivity index (χ0n) is 15.5. The normalized spacial score (nSPS) is 11.1. The summed E-state index contributed by atoms with van der Waals surface area (Å²) in [6.07, 6.45) is 0. The molecule has 142 valence electrons. The maximum absolute atomic E-state index is 12.6. The first-order valence-corrected chi connectivity index (χ1v) is 8.86. The van der Waals surface area contributed by atoms with Gasteiger partial charge in [-0.3, -0.25) is 9.36 Å². The Kier molecular flexibility index (Phi) is 4.52. The van der Waals surface area contributed by atoms with E-state index in [2.05, 4.69) is 15.4 Å². The van der Waals surface area contributed by atoms with Crippen molar-refractivity contribution in [3.05, 3.63) is 76.3 Å². The monoisotopic (exact) mass is 377 g/mol. The highest BCUT2D eigenvalue weighted by molar-refractivity contribution is 5.77.